The van der Waals surface area contributed by atoms with Crippen molar-refractivity contribution >= 4 is 38.7 Å². The summed E-state index contributed by atoms with van der Waals surface area (Å²) in [5.41, 5.74) is 1.32. The maximum Gasteiger partial charge on any atom is 0.275 e. The molecule has 4 aromatic rings. The molecule has 1 aliphatic rings. The molecule has 9 heteroatoms. The summed E-state index contributed by atoms with van der Waals surface area (Å²) in [7, 11) is 0. The van der Waals surface area contributed by atoms with Crippen molar-refractivity contribution < 1.29 is 4.79 Å². The molecule has 0 bridgehead atoms. The van der Waals surface area contributed by atoms with Gasteiger partial charge in [0.05, 0.1) is 16.4 Å². The van der Waals surface area contributed by atoms with Gasteiger partial charge in [-0.1, -0.05) is 6.07 Å². The van der Waals surface area contributed by atoms with Crippen molar-refractivity contribution in [2.24, 2.45) is 0 Å². The molecular formula is C18H15BrN6OS. The first-order valence-electron chi connectivity index (χ1n) is 8.55. The molecule has 0 fully saturated rings. The highest BCUT2D eigenvalue weighted by atomic mass is 79.9. The van der Waals surface area contributed by atoms with Crippen LogP contribution in [0.3, 0.4) is 0 Å². The minimum atomic E-state index is -0.163. The Morgan fingerprint density at radius 3 is 2.96 bits per heavy atom. The second-order valence-electron chi connectivity index (χ2n) is 6.43. The zero-order chi connectivity index (χ0) is 18.5. The molecule has 1 amide bonds. The van der Waals surface area contributed by atoms with Crippen molar-refractivity contribution in [3.8, 4) is 10.7 Å². The summed E-state index contributed by atoms with van der Waals surface area (Å²) in [5.74, 6) is 1.59. The Balaban J connectivity index is 1.47. The van der Waals surface area contributed by atoms with E-state index in [-0.39, 0.29) is 11.9 Å². The van der Waals surface area contributed by atoms with Gasteiger partial charge in [0.1, 0.15) is 0 Å². The summed E-state index contributed by atoms with van der Waals surface area (Å²) in [6.45, 7) is 3.26. The Hall–Kier alpha value is -2.52. The van der Waals surface area contributed by atoms with Gasteiger partial charge in [-0.05, 0) is 52.5 Å². The van der Waals surface area contributed by atoms with Gasteiger partial charge in [0.25, 0.3) is 5.91 Å². The van der Waals surface area contributed by atoms with Gasteiger partial charge >= 0.3 is 0 Å². The molecule has 0 N–H and O–H groups in total. The molecule has 7 nitrogen and oxygen atoms in total. The number of nitrogens with zero attached hydrogens (tertiary/aromatic N) is 6. The summed E-state index contributed by atoms with van der Waals surface area (Å²) in [6.07, 6.45) is 1.84. The van der Waals surface area contributed by atoms with Gasteiger partial charge in [0, 0.05) is 23.8 Å². The number of hydrogen-bond donors (Lipinski definition) is 0. The lowest BCUT2D eigenvalue weighted by molar-refractivity contribution is 0.0632. The zero-order valence-electron chi connectivity index (χ0n) is 14.4. The van der Waals surface area contributed by atoms with Crippen molar-refractivity contribution in [3.63, 3.8) is 0 Å². The summed E-state index contributed by atoms with van der Waals surface area (Å²) < 4.78 is 4.74. The third-order valence-corrected chi connectivity index (χ3v) is 6.17. The van der Waals surface area contributed by atoms with E-state index in [1.54, 1.807) is 15.9 Å². The fourth-order valence-corrected chi connectivity index (χ4v) is 4.51. The van der Waals surface area contributed by atoms with Gasteiger partial charge in [-0.3, -0.25) is 4.79 Å². The predicted molar refractivity (Wildman–Crippen MR) is 106 cm³/mol. The number of aromatic nitrogens is 5. The topological polar surface area (TPSA) is 68.3 Å². The summed E-state index contributed by atoms with van der Waals surface area (Å²) in [5, 5.41) is 15.2. The highest BCUT2D eigenvalue weighted by Gasteiger charge is 2.33. The van der Waals surface area contributed by atoms with Gasteiger partial charge in [-0.2, -0.15) is 5.10 Å². The highest BCUT2D eigenvalue weighted by Crippen LogP contribution is 2.31. The molecule has 0 aromatic carbocycles. The number of thiophene rings is 1. The lowest BCUT2D eigenvalue weighted by atomic mass is 10.2. The molecule has 0 spiro atoms. The van der Waals surface area contributed by atoms with Crippen LogP contribution in [-0.2, 0) is 6.54 Å². The number of hydrogen-bond acceptors (Lipinski definition) is 5. The van der Waals surface area contributed by atoms with Crippen LogP contribution in [0.15, 0.2) is 46.4 Å². The van der Waals surface area contributed by atoms with E-state index in [0.717, 1.165) is 26.5 Å². The minimum Gasteiger partial charge on any atom is -0.325 e. The molecule has 4 aromatic heterocycles. The van der Waals surface area contributed by atoms with Crippen LogP contribution < -0.4 is 0 Å². The van der Waals surface area contributed by atoms with E-state index in [1.807, 2.05) is 53.7 Å². The van der Waals surface area contributed by atoms with Crippen LogP contribution in [0.1, 0.15) is 29.3 Å². The molecule has 136 valence electrons. The number of fused-ring (bicyclic) bond motifs is 2. The SMILES string of the molecule is CC1c2nnc(-c3cccs3)n2CCN1C(=O)c1cc2ccc(Br)cn2n1. The second kappa shape index (κ2) is 6.28. The van der Waals surface area contributed by atoms with Crippen molar-refractivity contribution in [1.29, 1.82) is 0 Å². The van der Waals surface area contributed by atoms with Crippen molar-refractivity contribution in [1.82, 2.24) is 29.3 Å². The van der Waals surface area contributed by atoms with Gasteiger partial charge in [-0.15, -0.1) is 21.5 Å². The summed E-state index contributed by atoms with van der Waals surface area (Å²) in [4.78, 5) is 16.0. The van der Waals surface area contributed by atoms with E-state index in [1.165, 1.54) is 0 Å². The van der Waals surface area contributed by atoms with E-state index in [0.29, 0.717) is 18.8 Å². The first kappa shape index (κ1) is 16.6. The molecule has 0 saturated heterocycles. The summed E-state index contributed by atoms with van der Waals surface area (Å²) in [6, 6.07) is 9.56. The van der Waals surface area contributed by atoms with Crippen LogP contribution in [0.25, 0.3) is 16.2 Å². The smallest absolute Gasteiger partial charge is 0.275 e. The molecule has 27 heavy (non-hydrogen) atoms. The van der Waals surface area contributed by atoms with Gasteiger partial charge in [0.2, 0.25) is 0 Å². The van der Waals surface area contributed by atoms with Gasteiger partial charge in [-0.25, -0.2) is 4.52 Å². The number of pyridine rings is 1. The second-order valence-corrected chi connectivity index (χ2v) is 8.29. The fourth-order valence-electron chi connectivity index (χ4n) is 3.46. The quantitative estimate of drug-likeness (QED) is 0.475. The van der Waals surface area contributed by atoms with E-state index in [2.05, 4.69) is 35.8 Å². The van der Waals surface area contributed by atoms with Crippen molar-refractivity contribution in [2.45, 2.75) is 19.5 Å². The zero-order valence-corrected chi connectivity index (χ0v) is 16.8. The molecule has 0 aliphatic carbocycles. The Morgan fingerprint density at radius 1 is 1.26 bits per heavy atom. The number of carbonyl (C=O) groups is 1. The van der Waals surface area contributed by atoms with Crippen LogP contribution in [-0.4, -0.2) is 41.7 Å². The molecule has 1 atom stereocenters. The average molecular weight is 443 g/mol. The first-order valence-corrected chi connectivity index (χ1v) is 10.2. The molecule has 0 radical (unpaired) electrons. The number of halogens is 1. The van der Waals surface area contributed by atoms with Gasteiger partial charge in [0.15, 0.2) is 17.3 Å². The molecule has 0 saturated carbocycles. The van der Waals surface area contributed by atoms with Crippen molar-refractivity contribution in [2.75, 3.05) is 6.54 Å². The Labute approximate surface area is 167 Å². The largest absolute Gasteiger partial charge is 0.325 e. The van der Waals surface area contributed by atoms with E-state index >= 15 is 0 Å². The minimum absolute atomic E-state index is 0.0887. The standard InChI is InChI=1S/C18H15BrN6OS/c1-11-16-20-21-17(15-3-2-8-27-15)24(16)7-6-23(11)18(26)14-9-13-5-4-12(19)10-25(13)22-14/h2-5,8-11H,6-7H2,1H3. The number of amides is 1. The van der Waals surface area contributed by atoms with Crippen LogP contribution in [0, 0.1) is 0 Å². The normalized spacial score (nSPS) is 16.7. The lowest BCUT2D eigenvalue weighted by Crippen LogP contribution is -2.41. The first-order chi connectivity index (χ1) is 13.1. The molecular weight excluding hydrogens is 428 g/mol. The highest BCUT2D eigenvalue weighted by molar-refractivity contribution is 9.10. The molecule has 5 rings (SSSR count). The lowest BCUT2D eigenvalue weighted by Gasteiger charge is -2.33. The van der Waals surface area contributed by atoms with Crippen LogP contribution in [0.2, 0.25) is 0 Å². The van der Waals surface area contributed by atoms with Crippen molar-refractivity contribution in [3.05, 3.63) is 57.9 Å². The number of carbonyl (C=O) groups excluding carboxylic acids is 1. The van der Waals surface area contributed by atoms with E-state index < -0.39 is 0 Å². The third-order valence-electron chi connectivity index (χ3n) is 4.83. The van der Waals surface area contributed by atoms with Crippen LogP contribution >= 0.6 is 27.3 Å². The molecule has 1 unspecified atom stereocenters. The molecule has 1 aliphatic heterocycles. The fraction of sp³-hybridized carbons (Fsp3) is 0.222. The molecule has 5 heterocycles. The summed E-state index contributed by atoms with van der Waals surface area (Å²) >= 11 is 5.07. The number of rotatable bonds is 2. The Morgan fingerprint density at radius 2 is 2.15 bits per heavy atom. The average Bonchev–Trinajstić information content (AvgIpc) is 3.39. The van der Waals surface area contributed by atoms with E-state index in [4.69, 9.17) is 0 Å². The maximum absolute atomic E-state index is 13.1. The van der Waals surface area contributed by atoms with Crippen LogP contribution in [0.5, 0.6) is 0 Å². The van der Waals surface area contributed by atoms with Crippen LogP contribution in [0.4, 0.5) is 0 Å². The maximum atomic E-state index is 13.1. The van der Waals surface area contributed by atoms with E-state index in [9.17, 15) is 4.79 Å². The monoisotopic (exact) mass is 442 g/mol. The third kappa shape index (κ3) is 2.69. The Kier molecular flexibility index (Phi) is 3.87. The Bertz CT molecular complexity index is 1150. The predicted octanol–water partition coefficient (Wildman–Crippen LogP) is 3.63. The van der Waals surface area contributed by atoms with Gasteiger partial charge < -0.3 is 9.47 Å².